The largest absolute Gasteiger partial charge is 0.482 e. The Hall–Kier alpha value is -2.29. The SMILES string of the molecule is CC1(CC(O)(Cc2cc(F)c(F)c(F)c2)C(F)(F)F)Oc2ccc(F)cc21. The van der Waals surface area contributed by atoms with E-state index in [1.54, 1.807) is 0 Å². The lowest BCUT2D eigenvalue weighted by Crippen LogP contribution is -2.54. The van der Waals surface area contributed by atoms with E-state index in [0.717, 1.165) is 12.1 Å². The van der Waals surface area contributed by atoms with Crippen LogP contribution in [-0.2, 0) is 12.0 Å². The van der Waals surface area contributed by atoms with Crippen molar-refractivity contribution in [2.75, 3.05) is 0 Å². The third kappa shape index (κ3) is 3.36. The van der Waals surface area contributed by atoms with Crippen molar-refractivity contribution in [3.63, 3.8) is 0 Å². The monoisotopic (exact) mass is 394 g/mol. The summed E-state index contributed by atoms with van der Waals surface area (Å²) in [5.41, 5.74) is -5.59. The van der Waals surface area contributed by atoms with Crippen molar-refractivity contribution in [2.24, 2.45) is 0 Å². The second kappa shape index (κ2) is 6.12. The molecule has 0 saturated carbocycles. The fourth-order valence-electron chi connectivity index (χ4n) is 3.26. The van der Waals surface area contributed by atoms with E-state index in [4.69, 9.17) is 4.74 Å². The summed E-state index contributed by atoms with van der Waals surface area (Å²) in [7, 11) is 0. The summed E-state index contributed by atoms with van der Waals surface area (Å²) in [5, 5.41) is 10.3. The van der Waals surface area contributed by atoms with E-state index in [9.17, 15) is 35.8 Å². The van der Waals surface area contributed by atoms with E-state index < -0.39 is 59.1 Å². The van der Waals surface area contributed by atoms with E-state index in [0.29, 0.717) is 12.1 Å². The number of rotatable bonds is 4. The van der Waals surface area contributed by atoms with E-state index in [2.05, 4.69) is 0 Å². The van der Waals surface area contributed by atoms with Crippen LogP contribution >= 0.6 is 0 Å². The molecule has 1 aliphatic heterocycles. The molecule has 0 spiro atoms. The molecule has 1 N–H and O–H groups in total. The molecule has 2 aromatic carbocycles. The van der Waals surface area contributed by atoms with E-state index in [1.807, 2.05) is 0 Å². The van der Waals surface area contributed by atoms with Gasteiger partial charge < -0.3 is 9.84 Å². The second-order valence-corrected chi connectivity index (χ2v) is 6.73. The molecule has 0 aliphatic carbocycles. The van der Waals surface area contributed by atoms with Crippen LogP contribution in [0.25, 0.3) is 0 Å². The van der Waals surface area contributed by atoms with Gasteiger partial charge in [-0.05, 0) is 42.8 Å². The predicted molar refractivity (Wildman–Crippen MR) is 80.0 cm³/mol. The topological polar surface area (TPSA) is 29.5 Å². The highest BCUT2D eigenvalue weighted by Gasteiger charge is 2.59. The Labute approximate surface area is 149 Å². The van der Waals surface area contributed by atoms with Crippen molar-refractivity contribution in [3.05, 3.63) is 64.7 Å². The first-order chi connectivity index (χ1) is 12.3. The quantitative estimate of drug-likeness (QED) is 0.598. The Bertz CT molecular complexity index is 873. The minimum absolute atomic E-state index is 0.127. The molecule has 0 radical (unpaired) electrons. The summed E-state index contributed by atoms with van der Waals surface area (Å²) < 4.78 is 99.1. The molecular weight excluding hydrogens is 381 g/mol. The first-order valence-corrected chi connectivity index (χ1v) is 7.76. The number of benzene rings is 2. The molecule has 0 amide bonds. The standard InChI is InChI=1S/C18H13F7O2/c1-16(11-6-10(19)2-3-14(11)27-16)8-17(26,18(23,24)25)7-9-4-12(20)15(22)13(21)5-9/h2-6,26H,7-8H2,1H3. The molecule has 2 nitrogen and oxygen atoms in total. The average molecular weight is 394 g/mol. The molecular formula is C18H13F7O2. The molecule has 0 aromatic heterocycles. The van der Waals surface area contributed by atoms with E-state index in [1.165, 1.54) is 13.0 Å². The van der Waals surface area contributed by atoms with Crippen LogP contribution in [0, 0.1) is 23.3 Å². The maximum absolute atomic E-state index is 13.6. The first kappa shape index (κ1) is 19.5. The van der Waals surface area contributed by atoms with E-state index in [-0.39, 0.29) is 11.3 Å². The summed E-state index contributed by atoms with van der Waals surface area (Å²) in [6.07, 6.45) is -7.50. The molecule has 2 unspecified atom stereocenters. The molecule has 0 saturated heterocycles. The van der Waals surface area contributed by atoms with Gasteiger partial charge in [-0.1, -0.05) is 0 Å². The summed E-state index contributed by atoms with van der Waals surface area (Å²) in [4.78, 5) is 0. The van der Waals surface area contributed by atoms with Crippen molar-refractivity contribution < 1.29 is 40.6 Å². The lowest BCUT2D eigenvalue weighted by molar-refractivity contribution is -0.275. The Morgan fingerprint density at radius 1 is 1.00 bits per heavy atom. The maximum Gasteiger partial charge on any atom is 0.417 e. The molecule has 2 atom stereocenters. The zero-order valence-corrected chi connectivity index (χ0v) is 13.8. The maximum atomic E-state index is 13.6. The van der Waals surface area contributed by atoms with Crippen LogP contribution in [-0.4, -0.2) is 16.9 Å². The zero-order valence-electron chi connectivity index (χ0n) is 13.8. The van der Waals surface area contributed by atoms with Crippen LogP contribution in [0.1, 0.15) is 24.5 Å². The number of ether oxygens (including phenoxy) is 1. The van der Waals surface area contributed by atoms with Crippen molar-refractivity contribution in [2.45, 2.75) is 37.1 Å². The van der Waals surface area contributed by atoms with Crippen molar-refractivity contribution in [1.29, 1.82) is 0 Å². The van der Waals surface area contributed by atoms with Gasteiger partial charge in [-0.3, -0.25) is 0 Å². The predicted octanol–water partition coefficient (Wildman–Crippen LogP) is 4.78. The Morgan fingerprint density at radius 3 is 2.15 bits per heavy atom. The minimum Gasteiger partial charge on any atom is -0.482 e. The van der Waals surface area contributed by atoms with Gasteiger partial charge in [-0.15, -0.1) is 0 Å². The highest BCUT2D eigenvalue weighted by atomic mass is 19.4. The Kier molecular flexibility index (Phi) is 4.41. The fraction of sp³-hybridized carbons (Fsp3) is 0.333. The second-order valence-electron chi connectivity index (χ2n) is 6.73. The smallest absolute Gasteiger partial charge is 0.417 e. The summed E-state index contributed by atoms with van der Waals surface area (Å²) in [6, 6.07) is 4.06. The van der Waals surface area contributed by atoms with Gasteiger partial charge in [0.05, 0.1) is 0 Å². The van der Waals surface area contributed by atoms with Gasteiger partial charge in [0.25, 0.3) is 0 Å². The lowest BCUT2D eigenvalue weighted by Gasteiger charge is -2.46. The van der Waals surface area contributed by atoms with Gasteiger partial charge in [0, 0.05) is 18.4 Å². The van der Waals surface area contributed by atoms with Gasteiger partial charge >= 0.3 is 6.18 Å². The van der Waals surface area contributed by atoms with Gasteiger partial charge in [0.2, 0.25) is 0 Å². The summed E-state index contributed by atoms with van der Waals surface area (Å²) in [6.45, 7) is 1.23. The van der Waals surface area contributed by atoms with E-state index >= 15 is 0 Å². The molecule has 3 rings (SSSR count). The van der Waals surface area contributed by atoms with Gasteiger partial charge in [0.1, 0.15) is 17.2 Å². The highest BCUT2D eigenvalue weighted by molar-refractivity contribution is 5.46. The number of halogens is 7. The lowest BCUT2D eigenvalue weighted by atomic mass is 9.76. The number of alkyl halides is 3. The fourth-order valence-corrected chi connectivity index (χ4v) is 3.26. The van der Waals surface area contributed by atoms with Crippen molar-refractivity contribution in [1.82, 2.24) is 0 Å². The summed E-state index contributed by atoms with van der Waals surface area (Å²) >= 11 is 0. The van der Waals surface area contributed by atoms with Crippen LogP contribution in [0.2, 0.25) is 0 Å². The van der Waals surface area contributed by atoms with Crippen molar-refractivity contribution >= 4 is 0 Å². The van der Waals surface area contributed by atoms with Crippen LogP contribution in [0.4, 0.5) is 30.7 Å². The molecule has 2 aromatic rings. The van der Waals surface area contributed by atoms with Crippen LogP contribution < -0.4 is 4.74 Å². The van der Waals surface area contributed by atoms with Gasteiger partial charge in [-0.25, -0.2) is 17.6 Å². The Morgan fingerprint density at radius 2 is 1.59 bits per heavy atom. The van der Waals surface area contributed by atoms with Crippen LogP contribution in [0.3, 0.4) is 0 Å². The van der Waals surface area contributed by atoms with Crippen LogP contribution in [0.5, 0.6) is 5.75 Å². The first-order valence-electron chi connectivity index (χ1n) is 7.76. The zero-order chi connectivity index (χ0) is 20.2. The molecule has 0 fully saturated rings. The van der Waals surface area contributed by atoms with Gasteiger partial charge in [-0.2, -0.15) is 13.2 Å². The number of aliphatic hydroxyl groups is 1. The molecule has 1 heterocycles. The third-order valence-corrected chi connectivity index (χ3v) is 4.54. The molecule has 1 aliphatic rings. The number of fused-ring (bicyclic) bond motifs is 1. The van der Waals surface area contributed by atoms with Gasteiger partial charge in [0.15, 0.2) is 23.1 Å². The number of hydrogen-bond acceptors (Lipinski definition) is 2. The average Bonchev–Trinajstić information content (AvgIpc) is 2.52. The number of hydrogen-bond donors (Lipinski definition) is 1. The van der Waals surface area contributed by atoms with Crippen molar-refractivity contribution in [3.8, 4) is 5.75 Å². The molecule has 27 heavy (non-hydrogen) atoms. The minimum atomic E-state index is -5.20. The highest BCUT2D eigenvalue weighted by Crippen LogP contribution is 2.51. The Balaban J connectivity index is 1.95. The normalized spacial score (nSPS) is 21.1. The molecule has 0 bridgehead atoms. The van der Waals surface area contributed by atoms with Crippen LogP contribution in [0.15, 0.2) is 30.3 Å². The molecule has 146 valence electrons. The third-order valence-electron chi connectivity index (χ3n) is 4.54. The summed E-state index contributed by atoms with van der Waals surface area (Å²) in [5.74, 6) is -5.70. The molecule has 9 heteroatoms.